The number of benzene rings is 4. The van der Waals surface area contributed by atoms with Crippen LogP contribution >= 0.6 is 0 Å². The predicted octanol–water partition coefficient (Wildman–Crippen LogP) is 7.78. The molecule has 2 nitrogen and oxygen atoms in total. The van der Waals surface area contributed by atoms with Gasteiger partial charge >= 0.3 is 0 Å². The van der Waals surface area contributed by atoms with E-state index in [-0.39, 0.29) is 0 Å². The van der Waals surface area contributed by atoms with Gasteiger partial charge in [-0.3, -0.25) is 4.98 Å². The molecule has 2 aromatic heterocycles. The summed E-state index contributed by atoms with van der Waals surface area (Å²) in [6.45, 7) is 0. The zero-order valence-corrected chi connectivity index (χ0v) is 17.4. The Hall–Kier alpha value is -4.30. The van der Waals surface area contributed by atoms with Gasteiger partial charge in [0.25, 0.3) is 0 Å². The average molecular weight is 409 g/mol. The van der Waals surface area contributed by atoms with Crippen molar-refractivity contribution in [2.75, 3.05) is 0 Å². The van der Waals surface area contributed by atoms with E-state index in [1.807, 2.05) is 12.3 Å². The van der Waals surface area contributed by atoms with Gasteiger partial charge in [-0.25, -0.2) is 4.98 Å². The summed E-state index contributed by atoms with van der Waals surface area (Å²) in [7, 11) is 0. The first-order chi connectivity index (χ1) is 15.9. The van der Waals surface area contributed by atoms with Gasteiger partial charge in [0.1, 0.15) is 0 Å². The first-order valence-electron chi connectivity index (χ1n) is 10.8. The molecule has 150 valence electrons. The molecule has 2 heterocycles. The van der Waals surface area contributed by atoms with Gasteiger partial charge < -0.3 is 0 Å². The molecule has 0 N–H and O–H groups in total. The average Bonchev–Trinajstić information content (AvgIpc) is 2.88. The molecule has 0 bridgehead atoms. The molecule has 32 heavy (non-hydrogen) atoms. The second-order valence-corrected chi connectivity index (χ2v) is 7.90. The van der Waals surface area contributed by atoms with Crippen LogP contribution in [-0.4, -0.2) is 9.97 Å². The second-order valence-electron chi connectivity index (χ2n) is 7.90. The lowest BCUT2D eigenvalue weighted by molar-refractivity contribution is 1.34. The fraction of sp³-hybridized carbons (Fsp3) is 0. The smallest absolute Gasteiger partial charge is 0.0787 e. The van der Waals surface area contributed by atoms with Crippen molar-refractivity contribution in [2.45, 2.75) is 0 Å². The Morgan fingerprint density at radius 3 is 1.94 bits per heavy atom. The van der Waals surface area contributed by atoms with Crippen molar-refractivity contribution in [3.05, 3.63) is 121 Å². The van der Waals surface area contributed by atoms with Crippen LogP contribution in [0.2, 0.25) is 0 Å². The minimum Gasteiger partial charge on any atom is -0.256 e. The molecule has 0 saturated heterocycles. The van der Waals surface area contributed by atoms with Gasteiger partial charge in [0.05, 0.1) is 17.1 Å². The maximum atomic E-state index is 5.12. The summed E-state index contributed by atoms with van der Waals surface area (Å²) in [5.74, 6) is 0. The summed E-state index contributed by atoms with van der Waals surface area (Å²) in [5.41, 5.74) is 6.26. The van der Waals surface area contributed by atoms with Gasteiger partial charge in [0.15, 0.2) is 0 Å². The Morgan fingerprint density at radius 1 is 0.438 bits per heavy atom. The van der Waals surface area contributed by atoms with Crippen molar-refractivity contribution < 1.29 is 0 Å². The predicted molar refractivity (Wildman–Crippen MR) is 133 cm³/mol. The fourth-order valence-electron chi connectivity index (χ4n) is 4.34. The van der Waals surface area contributed by atoms with E-state index in [0.29, 0.717) is 0 Å². The van der Waals surface area contributed by atoms with E-state index in [0.717, 1.165) is 44.5 Å². The summed E-state index contributed by atoms with van der Waals surface area (Å²) >= 11 is 0. The van der Waals surface area contributed by atoms with Crippen molar-refractivity contribution in [3.63, 3.8) is 0 Å². The molecule has 4 aromatic carbocycles. The first-order valence-corrected chi connectivity index (χ1v) is 10.8. The minimum atomic E-state index is 0.963. The summed E-state index contributed by atoms with van der Waals surface area (Å²) in [6, 6.07) is 40.0. The normalized spacial score (nSPS) is 11.1. The van der Waals surface area contributed by atoms with Crippen molar-refractivity contribution >= 4 is 21.5 Å². The lowest BCUT2D eigenvalue weighted by Gasteiger charge is -2.12. The quantitative estimate of drug-likeness (QED) is 0.299. The zero-order valence-electron chi connectivity index (χ0n) is 17.4. The van der Waals surface area contributed by atoms with Crippen LogP contribution in [0.5, 0.6) is 0 Å². The van der Waals surface area contributed by atoms with Crippen molar-refractivity contribution in [1.29, 1.82) is 0 Å². The Kier molecular flexibility index (Phi) is 4.47. The number of pyridine rings is 2. The molecule has 0 aliphatic rings. The van der Waals surface area contributed by atoms with Crippen LogP contribution in [0, 0.1) is 0 Å². The molecular formula is C30H20N2. The minimum absolute atomic E-state index is 0.963. The molecule has 0 atom stereocenters. The van der Waals surface area contributed by atoms with Crippen LogP contribution in [-0.2, 0) is 0 Å². The fourth-order valence-corrected chi connectivity index (χ4v) is 4.34. The number of hydrogen-bond acceptors (Lipinski definition) is 2. The van der Waals surface area contributed by atoms with E-state index in [1.165, 1.54) is 10.8 Å². The number of rotatable bonds is 3. The molecule has 6 rings (SSSR count). The van der Waals surface area contributed by atoms with Gasteiger partial charge in [-0.05, 0) is 29.0 Å². The number of fused-ring (bicyclic) bond motifs is 2. The highest BCUT2D eigenvalue weighted by atomic mass is 14.7. The molecular weight excluding hydrogens is 388 g/mol. The van der Waals surface area contributed by atoms with Crippen LogP contribution < -0.4 is 0 Å². The highest BCUT2D eigenvalue weighted by Gasteiger charge is 2.11. The Morgan fingerprint density at radius 2 is 1.09 bits per heavy atom. The van der Waals surface area contributed by atoms with Crippen molar-refractivity contribution in [3.8, 4) is 33.8 Å². The van der Waals surface area contributed by atoms with E-state index >= 15 is 0 Å². The van der Waals surface area contributed by atoms with Crippen LogP contribution in [0.3, 0.4) is 0 Å². The number of nitrogens with zero attached hydrogens (tertiary/aromatic N) is 2. The third-order valence-corrected chi connectivity index (χ3v) is 5.89. The lowest BCUT2D eigenvalue weighted by Crippen LogP contribution is -1.92. The maximum absolute atomic E-state index is 5.12. The number of aromatic nitrogens is 2. The van der Waals surface area contributed by atoms with Gasteiger partial charge in [0, 0.05) is 33.7 Å². The largest absolute Gasteiger partial charge is 0.256 e. The molecule has 6 aromatic rings. The van der Waals surface area contributed by atoms with Gasteiger partial charge in [0.2, 0.25) is 0 Å². The summed E-state index contributed by atoms with van der Waals surface area (Å²) in [6.07, 6.45) is 1.88. The second kappa shape index (κ2) is 7.75. The molecule has 0 aliphatic carbocycles. The number of hydrogen-bond donors (Lipinski definition) is 0. The van der Waals surface area contributed by atoms with Crippen LogP contribution in [0.1, 0.15) is 0 Å². The standard InChI is InChI=1S/C30H20N2/c1-2-10-22(11-3-1)30-27-16-7-5-12-23(27)20-28(32-30)24-13-8-14-25(19-24)29-26-15-6-4-9-21(26)17-18-31-29/h1-20H. The van der Waals surface area contributed by atoms with E-state index in [1.54, 1.807) is 0 Å². The van der Waals surface area contributed by atoms with Gasteiger partial charge in [-0.1, -0.05) is 97.1 Å². The third kappa shape index (κ3) is 3.23. The molecule has 0 amide bonds. The third-order valence-electron chi connectivity index (χ3n) is 5.89. The zero-order chi connectivity index (χ0) is 21.3. The molecule has 0 radical (unpaired) electrons. The van der Waals surface area contributed by atoms with Gasteiger partial charge in [-0.15, -0.1) is 0 Å². The van der Waals surface area contributed by atoms with E-state index in [9.17, 15) is 0 Å². The summed E-state index contributed by atoms with van der Waals surface area (Å²) in [4.78, 5) is 9.82. The van der Waals surface area contributed by atoms with E-state index in [4.69, 9.17) is 9.97 Å². The van der Waals surface area contributed by atoms with Crippen LogP contribution in [0.4, 0.5) is 0 Å². The Bertz CT molecular complexity index is 1560. The molecule has 0 saturated carbocycles. The van der Waals surface area contributed by atoms with E-state index < -0.39 is 0 Å². The van der Waals surface area contributed by atoms with Crippen molar-refractivity contribution in [1.82, 2.24) is 9.97 Å². The first kappa shape index (κ1) is 18.5. The monoisotopic (exact) mass is 408 g/mol. The SMILES string of the molecule is c1ccc(-c2nc(-c3cccc(-c4nccc5ccccc45)c3)cc3ccccc23)cc1. The molecule has 0 spiro atoms. The van der Waals surface area contributed by atoms with E-state index in [2.05, 4.69) is 109 Å². The Balaban J connectivity index is 1.55. The molecule has 2 heteroatoms. The molecule has 0 aliphatic heterocycles. The highest BCUT2D eigenvalue weighted by Crippen LogP contribution is 2.33. The van der Waals surface area contributed by atoms with Crippen molar-refractivity contribution in [2.24, 2.45) is 0 Å². The maximum Gasteiger partial charge on any atom is 0.0787 e. The van der Waals surface area contributed by atoms with Crippen LogP contribution in [0.15, 0.2) is 121 Å². The highest BCUT2D eigenvalue weighted by molar-refractivity contribution is 5.98. The Labute approximate surface area is 186 Å². The lowest BCUT2D eigenvalue weighted by atomic mass is 9.98. The summed E-state index contributed by atoms with van der Waals surface area (Å²) < 4.78 is 0. The van der Waals surface area contributed by atoms with Gasteiger partial charge in [-0.2, -0.15) is 0 Å². The summed E-state index contributed by atoms with van der Waals surface area (Å²) in [5, 5.41) is 4.70. The van der Waals surface area contributed by atoms with Crippen LogP contribution in [0.25, 0.3) is 55.3 Å². The molecule has 0 fully saturated rings. The molecule has 0 unspecified atom stereocenters. The topological polar surface area (TPSA) is 25.8 Å².